The number of ketones is 2. The van der Waals surface area contributed by atoms with E-state index in [0.29, 0.717) is 30.8 Å². The molecule has 1 aliphatic carbocycles. The number of aliphatic hydroxyl groups is 2. The topological polar surface area (TPSA) is 83.8 Å². The molecule has 0 radical (unpaired) electrons. The van der Waals surface area contributed by atoms with Crippen LogP contribution in [0, 0.1) is 11.7 Å². The zero-order chi connectivity index (χ0) is 24.0. The van der Waals surface area contributed by atoms with Crippen molar-refractivity contribution in [3.8, 4) is 11.5 Å². The van der Waals surface area contributed by atoms with Crippen LogP contribution in [0.1, 0.15) is 57.4 Å². The van der Waals surface area contributed by atoms with Crippen LogP contribution in [0.3, 0.4) is 0 Å². The van der Waals surface area contributed by atoms with Crippen molar-refractivity contribution in [2.24, 2.45) is 5.92 Å². The average Bonchev–Trinajstić information content (AvgIpc) is 3.57. The molecule has 174 valence electrons. The lowest BCUT2D eigenvalue weighted by atomic mass is 9.99. The number of carbonyl (C=O) groups excluding carboxylic acids is 2. The highest BCUT2D eigenvalue weighted by Crippen LogP contribution is 2.52. The number of ether oxygens (including phenoxy) is 1. The summed E-state index contributed by atoms with van der Waals surface area (Å²) in [5, 5.41) is 21.3. The van der Waals surface area contributed by atoms with Gasteiger partial charge in [-0.2, -0.15) is 0 Å². The molecule has 2 atom stereocenters. The first-order valence-corrected chi connectivity index (χ1v) is 11.3. The van der Waals surface area contributed by atoms with Gasteiger partial charge in [0.05, 0.1) is 5.57 Å². The predicted molar refractivity (Wildman–Crippen MR) is 124 cm³/mol. The van der Waals surface area contributed by atoms with E-state index in [0.717, 1.165) is 11.6 Å². The van der Waals surface area contributed by atoms with Crippen LogP contribution in [-0.2, 0) is 9.59 Å². The second kappa shape index (κ2) is 10.9. The van der Waals surface area contributed by atoms with E-state index in [1.54, 1.807) is 24.3 Å². The number of allylic oxidation sites excluding steroid dienone is 3. The van der Waals surface area contributed by atoms with Crippen LogP contribution in [0.5, 0.6) is 11.5 Å². The minimum Gasteiger partial charge on any atom is -0.511 e. The molecular formula is C27H29FO5. The van der Waals surface area contributed by atoms with Gasteiger partial charge in [-0.3, -0.25) is 9.59 Å². The standard InChI is InChI=1S/C27H29FO5/c1-3-5-19(29)15-25(31)26(24(30)6-4-2)27(32)23-16-22(23)17-7-11-20(12-8-17)33-21-13-9-18(28)10-14-21/h7-15,22-23,31-32H,3-6,16H2,1-2H3. The van der Waals surface area contributed by atoms with Gasteiger partial charge in [0.1, 0.15) is 28.8 Å². The van der Waals surface area contributed by atoms with E-state index >= 15 is 0 Å². The number of aliphatic hydroxyl groups excluding tert-OH is 2. The van der Waals surface area contributed by atoms with Gasteiger partial charge in [-0.25, -0.2) is 4.39 Å². The lowest BCUT2D eigenvalue weighted by Gasteiger charge is -2.10. The highest BCUT2D eigenvalue weighted by Gasteiger charge is 2.43. The van der Waals surface area contributed by atoms with Crippen LogP contribution in [0.2, 0.25) is 0 Å². The molecule has 6 heteroatoms. The largest absolute Gasteiger partial charge is 0.511 e. The molecule has 2 aromatic carbocycles. The Morgan fingerprint density at radius 3 is 2.12 bits per heavy atom. The molecular weight excluding hydrogens is 423 g/mol. The molecule has 2 aromatic rings. The molecule has 0 aromatic heterocycles. The molecule has 3 rings (SSSR count). The second-order valence-electron chi connectivity index (χ2n) is 8.25. The minimum atomic E-state index is -0.460. The number of halogens is 1. The van der Waals surface area contributed by atoms with E-state index in [2.05, 4.69) is 0 Å². The maximum atomic E-state index is 13.0. The van der Waals surface area contributed by atoms with Gasteiger partial charge in [-0.1, -0.05) is 26.0 Å². The molecule has 1 fully saturated rings. The van der Waals surface area contributed by atoms with Crippen molar-refractivity contribution in [2.45, 2.75) is 51.9 Å². The van der Waals surface area contributed by atoms with Crippen molar-refractivity contribution >= 4 is 11.6 Å². The van der Waals surface area contributed by atoms with E-state index in [-0.39, 0.29) is 53.4 Å². The van der Waals surface area contributed by atoms with Crippen molar-refractivity contribution in [3.63, 3.8) is 0 Å². The number of benzene rings is 2. The van der Waals surface area contributed by atoms with E-state index in [9.17, 15) is 24.2 Å². The van der Waals surface area contributed by atoms with Gasteiger partial charge in [0.15, 0.2) is 11.6 Å². The molecule has 1 saturated carbocycles. The summed E-state index contributed by atoms with van der Waals surface area (Å²) in [4.78, 5) is 24.5. The van der Waals surface area contributed by atoms with Gasteiger partial charge in [-0.15, -0.1) is 0 Å². The molecule has 33 heavy (non-hydrogen) atoms. The molecule has 0 bridgehead atoms. The lowest BCUT2D eigenvalue weighted by molar-refractivity contribution is -0.115. The third kappa shape index (κ3) is 6.31. The molecule has 5 nitrogen and oxygen atoms in total. The number of hydrogen-bond donors (Lipinski definition) is 2. The maximum Gasteiger partial charge on any atom is 0.169 e. The van der Waals surface area contributed by atoms with E-state index in [1.165, 1.54) is 12.1 Å². The molecule has 2 N–H and O–H groups in total. The van der Waals surface area contributed by atoms with Crippen molar-refractivity contribution in [3.05, 3.63) is 83.1 Å². The summed E-state index contributed by atoms with van der Waals surface area (Å²) in [6.07, 6.45) is 3.30. The third-order valence-corrected chi connectivity index (χ3v) is 5.56. The summed E-state index contributed by atoms with van der Waals surface area (Å²) >= 11 is 0. The molecule has 0 heterocycles. The average molecular weight is 453 g/mol. The Kier molecular flexibility index (Phi) is 8.04. The van der Waals surface area contributed by atoms with E-state index in [4.69, 9.17) is 4.74 Å². The fourth-order valence-corrected chi connectivity index (χ4v) is 3.78. The zero-order valence-corrected chi connectivity index (χ0v) is 18.9. The van der Waals surface area contributed by atoms with E-state index in [1.807, 2.05) is 26.0 Å². The Labute approximate surface area is 193 Å². The molecule has 2 unspecified atom stereocenters. The van der Waals surface area contributed by atoms with Crippen molar-refractivity contribution < 1.29 is 28.9 Å². The summed E-state index contributed by atoms with van der Waals surface area (Å²) in [5.41, 5.74) is 0.816. The quantitative estimate of drug-likeness (QED) is 0.225. The Balaban J connectivity index is 1.76. The van der Waals surface area contributed by atoms with Gasteiger partial charge in [0, 0.05) is 24.8 Å². The van der Waals surface area contributed by atoms with Crippen molar-refractivity contribution in [1.82, 2.24) is 0 Å². The minimum absolute atomic E-state index is 0.00607. The van der Waals surface area contributed by atoms with Crippen molar-refractivity contribution in [1.29, 1.82) is 0 Å². The number of hydrogen-bond acceptors (Lipinski definition) is 5. The molecule has 0 saturated heterocycles. The first-order valence-electron chi connectivity index (χ1n) is 11.3. The third-order valence-electron chi connectivity index (χ3n) is 5.56. The molecule has 0 spiro atoms. The smallest absolute Gasteiger partial charge is 0.169 e. The monoisotopic (exact) mass is 452 g/mol. The summed E-state index contributed by atoms with van der Waals surface area (Å²) in [6, 6.07) is 13.1. The fraction of sp³-hybridized carbons (Fsp3) is 0.333. The first kappa shape index (κ1) is 24.2. The Hall–Kier alpha value is -3.41. The van der Waals surface area contributed by atoms with Crippen LogP contribution in [0.15, 0.2) is 71.7 Å². The first-order chi connectivity index (χ1) is 15.8. The predicted octanol–water partition coefficient (Wildman–Crippen LogP) is 6.71. The summed E-state index contributed by atoms with van der Waals surface area (Å²) < 4.78 is 18.7. The Morgan fingerprint density at radius 1 is 0.970 bits per heavy atom. The van der Waals surface area contributed by atoms with Gasteiger partial charge < -0.3 is 14.9 Å². The van der Waals surface area contributed by atoms with Gasteiger partial charge in [-0.05, 0) is 67.1 Å². The van der Waals surface area contributed by atoms with E-state index < -0.39 is 5.76 Å². The van der Waals surface area contributed by atoms with Gasteiger partial charge >= 0.3 is 0 Å². The Morgan fingerprint density at radius 2 is 1.55 bits per heavy atom. The summed E-state index contributed by atoms with van der Waals surface area (Å²) in [6.45, 7) is 3.69. The fourth-order valence-electron chi connectivity index (χ4n) is 3.78. The van der Waals surface area contributed by atoms with Crippen LogP contribution in [-0.4, -0.2) is 21.8 Å². The van der Waals surface area contributed by atoms with Crippen molar-refractivity contribution in [2.75, 3.05) is 0 Å². The number of Topliss-reactive ketones (excluding diaryl/α,β-unsaturated/α-hetero) is 1. The molecule has 1 aliphatic rings. The van der Waals surface area contributed by atoms with Crippen LogP contribution in [0.4, 0.5) is 4.39 Å². The summed E-state index contributed by atoms with van der Waals surface area (Å²) in [5.74, 6) is -0.812. The highest BCUT2D eigenvalue weighted by atomic mass is 19.1. The molecule has 0 aliphatic heterocycles. The number of rotatable bonds is 11. The van der Waals surface area contributed by atoms with Crippen LogP contribution in [0.25, 0.3) is 0 Å². The normalized spacial score (nSPS) is 18.5. The number of carbonyl (C=O) groups is 2. The molecule has 0 amide bonds. The van der Waals surface area contributed by atoms with Crippen LogP contribution >= 0.6 is 0 Å². The van der Waals surface area contributed by atoms with Gasteiger partial charge in [0.25, 0.3) is 0 Å². The summed E-state index contributed by atoms with van der Waals surface area (Å²) in [7, 11) is 0. The van der Waals surface area contributed by atoms with Gasteiger partial charge in [0.2, 0.25) is 0 Å². The zero-order valence-electron chi connectivity index (χ0n) is 18.9. The second-order valence-corrected chi connectivity index (χ2v) is 8.25. The SMILES string of the molecule is CCCC(=O)C=C(O)C(C(=O)CCC)=C(O)C1CC1c1ccc(Oc2ccc(F)cc2)cc1. The Bertz CT molecular complexity index is 1050. The highest BCUT2D eigenvalue weighted by molar-refractivity contribution is 6.01. The maximum absolute atomic E-state index is 13.0. The lowest BCUT2D eigenvalue weighted by Crippen LogP contribution is -2.11. The van der Waals surface area contributed by atoms with Crippen LogP contribution < -0.4 is 4.74 Å².